The third-order valence-electron chi connectivity index (χ3n) is 7.95. The molecular formula is C34H38ClN5O. The van der Waals surface area contributed by atoms with Crippen LogP contribution in [0.2, 0.25) is 0 Å². The third kappa shape index (κ3) is 7.07. The molecule has 41 heavy (non-hydrogen) atoms. The summed E-state index contributed by atoms with van der Waals surface area (Å²) < 4.78 is 4.42. The molecule has 1 saturated heterocycles. The van der Waals surface area contributed by atoms with Crippen LogP contribution in [0.3, 0.4) is 0 Å². The molecule has 3 heterocycles. The molecule has 1 aliphatic heterocycles. The minimum atomic E-state index is -0.147. The average Bonchev–Trinajstić information content (AvgIpc) is 3.75. The zero-order chi connectivity index (χ0) is 27.1. The summed E-state index contributed by atoms with van der Waals surface area (Å²) in [5.74, 6) is -0.0765. The number of aromatic nitrogens is 3. The lowest BCUT2D eigenvalue weighted by molar-refractivity contribution is -0.121. The topological polar surface area (TPSA) is 55.1 Å². The summed E-state index contributed by atoms with van der Waals surface area (Å²) in [5.41, 5.74) is 5.71. The van der Waals surface area contributed by atoms with Crippen LogP contribution in [-0.2, 0) is 17.9 Å². The van der Waals surface area contributed by atoms with Crippen LogP contribution in [0.4, 0.5) is 0 Å². The Hall–Kier alpha value is -3.87. The van der Waals surface area contributed by atoms with E-state index in [1.165, 1.54) is 34.9 Å². The molecule has 3 aromatic carbocycles. The highest BCUT2D eigenvalue weighted by Gasteiger charge is 2.25. The van der Waals surface area contributed by atoms with Gasteiger partial charge in [0, 0.05) is 61.8 Å². The van der Waals surface area contributed by atoms with Crippen LogP contribution in [0.1, 0.15) is 47.6 Å². The fraction of sp³-hybridized carbons (Fsp3) is 0.294. The van der Waals surface area contributed by atoms with Crippen molar-refractivity contribution in [3.63, 3.8) is 0 Å². The van der Waals surface area contributed by atoms with Gasteiger partial charge in [-0.1, -0.05) is 78.9 Å². The highest BCUT2D eigenvalue weighted by atomic mass is 35.5. The Morgan fingerprint density at radius 1 is 0.829 bits per heavy atom. The smallest absolute Gasteiger partial charge is 0.221 e. The molecule has 0 bridgehead atoms. The molecule has 7 heteroatoms. The lowest BCUT2D eigenvalue weighted by Crippen LogP contribution is -2.34. The fourth-order valence-corrected chi connectivity index (χ4v) is 5.89. The number of fused-ring (bicyclic) bond motifs is 1. The van der Waals surface area contributed by atoms with Crippen molar-refractivity contribution in [1.82, 2.24) is 24.3 Å². The highest BCUT2D eigenvalue weighted by molar-refractivity contribution is 5.86. The zero-order valence-corrected chi connectivity index (χ0v) is 24.2. The van der Waals surface area contributed by atoms with Crippen LogP contribution in [0.5, 0.6) is 0 Å². The largest absolute Gasteiger partial charge is 0.355 e. The Labute approximate surface area is 248 Å². The van der Waals surface area contributed by atoms with Crippen molar-refractivity contribution in [2.75, 3.05) is 26.2 Å². The van der Waals surface area contributed by atoms with Crippen molar-refractivity contribution >= 4 is 29.2 Å². The van der Waals surface area contributed by atoms with E-state index < -0.39 is 0 Å². The summed E-state index contributed by atoms with van der Waals surface area (Å²) in [6, 6.07) is 29.4. The zero-order valence-electron chi connectivity index (χ0n) is 23.4. The molecule has 2 aromatic heterocycles. The minimum absolute atomic E-state index is 0. The molecule has 1 atom stereocenters. The second kappa shape index (κ2) is 13.7. The van der Waals surface area contributed by atoms with Gasteiger partial charge in [0.15, 0.2) is 0 Å². The molecule has 1 aliphatic rings. The summed E-state index contributed by atoms with van der Waals surface area (Å²) >= 11 is 0. The lowest BCUT2D eigenvalue weighted by Gasteiger charge is -2.17. The second-order valence-electron chi connectivity index (χ2n) is 10.8. The second-order valence-corrected chi connectivity index (χ2v) is 10.8. The van der Waals surface area contributed by atoms with Crippen LogP contribution in [0.25, 0.3) is 10.9 Å². The van der Waals surface area contributed by atoms with Crippen LogP contribution in [0, 0.1) is 0 Å². The van der Waals surface area contributed by atoms with Gasteiger partial charge in [0.2, 0.25) is 5.91 Å². The monoisotopic (exact) mass is 567 g/mol. The predicted molar refractivity (Wildman–Crippen MR) is 168 cm³/mol. The number of carbonyl (C=O) groups is 1. The van der Waals surface area contributed by atoms with Crippen LogP contribution in [-0.4, -0.2) is 51.1 Å². The molecular weight excluding hydrogens is 530 g/mol. The van der Waals surface area contributed by atoms with Crippen molar-refractivity contribution in [2.24, 2.45) is 0 Å². The molecule has 1 amide bonds. The van der Waals surface area contributed by atoms with Crippen molar-refractivity contribution < 1.29 is 4.79 Å². The van der Waals surface area contributed by atoms with E-state index in [0.717, 1.165) is 44.0 Å². The number of nitrogens with zero attached hydrogens (tertiary/aromatic N) is 4. The maximum Gasteiger partial charge on any atom is 0.221 e. The first-order valence-corrected chi connectivity index (χ1v) is 14.4. The third-order valence-corrected chi connectivity index (χ3v) is 7.95. The van der Waals surface area contributed by atoms with E-state index in [1.54, 1.807) is 0 Å². The van der Waals surface area contributed by atoms with Crippen molar-refractivity contribution in [1.29, 1.82) is 0 Å². The first kappa shape index (κ1) is 28.7. The van der Waals surface area contributed by atoms with E-state index in [1.807, 2.05) is 18.5 Å². The van der Waals surface area contributed by atoms with Crippen molar-refractivity contribution in [3.05, 3.63) is 126 Å². The Balaban J connectivity index is 0.00000337. The SMILES string of the molecule is Cl.O=C(CC(c1cn(Cc2ccccc2)cn1)c1cn(Cc2ccccc2)c2ccccc12)NCCN1CCCC1. The summed E-state index contributed by atoms with van der Waals surface area (Å²) in [6.07, 6.45) is 9.11. The van der Waals surface area contributed by atoms with Gasteiger partial charge in [-0.05, 0) is 48.7 Å². The number of carbonyl (C=O) groups excluding carboxylic acids is 1. The maximum atomic E-state index is 13.3. The van der Waals surface area contributed by atoms with E-state index in [2.05, 4.69) is 105 Å². The molecule has 212 valence electrons. The van der Waals surface area contributed by atoms with Crippen molar-refractivity contribution in [2.45, 2.75) is 38.3 Å². The molecule has 0 spiro atoms. The first-order valence-electron chi connectivity index (χ1n) is 14.4. The molecule has 5 aromatic rings. The average molecular weight is 568 g/mol. The maximum absolute atomic E-state index is 13.3. The van der Waals surface area contributed by atoms with Gasteiger partial charge in [0.05, 0.1) is 12.0 Å². The number of amides is 1. The van der Waals surface area contributed by atoms with Crippen LogP contribution < -0.4 is 5.32 Å². The minimum Gasteiger partial charge on any atom is -0.355 e. The van der Waals surface area contributed by atoms with Gasteiger partial charge in [-0.2, -0.15) is 0 Å². The summed E-state index contributed by atoms with van der Waals surface area (Å²) in [7, 11) is 0. The van der Waals surface area contributed by atoms with E-state index in [0.29, 0.717) is 13.0 Å². The highest BCUT2D eigenvalue weighted by Crippen LogP contribution is 2.34. The lowest BCUT2D eigenvalue weighted by atomic mass is 9.92. The van der Waals surface area contributed by atoms with Crippen molar-refractivity contribution in [3.8, 4) is 0 Å². The summed E-state index contributed by atoms with van der Waals surface area (Å²) in [5, 5.41) is 4.37. The van der Waals surface area contributed by atoms with Crippen LogP contribution in [0.15, 0.2) is 104 Å². The summed E-state index contributed by atoms with van der Waals surface area (Å²) in [6.45, 7) is 5.40. The molecule has 1 N–H and O–H groups in total. The van der Waals surface area contributed by atoms with Gasteiger partial charge in [-0.3, -0.25) is 4.79 Å². The number of halogens is 1. The predicted octanol–water partition coefficient (Wildman–Crippen LogP) is 6.09. The molecule has 6 nitrogen and oxygen atoms in total. The Kier molecular flexibility index (Phi) is 9.55. The normalized spacial score (nSPS) is 14.1. The number of para-hydroxylation sites is 1. The van der Waals surface area contributed by atoms with Gasteiger partial charge < -0.3 is 19.4 Å². The number of nitrogens with one attached hydrogen (secondary N) is 1. The van der Waals surface area contributed by atoms with Gasteiger partial charge in [-0.15, -0.1) is 12.4 Å². The van der Waals surface area contributed by atoms with E-state index >= 15 is 0 Å². The quantitative estimate of drug-likeness (QED) is 0.210. The molecule has 0 saturated carbocycles. The number of likely N-dealkylation sites (tertiary alicyclic amines) is 1. The molecule has 0 aliphatic carbocycles. The summed E-state index contributed by atoms with van der Waals surface area (Å²) in [4.78, 5) is 20.6. The van der Waals surface area contributed by atoms with E-state index in [-0.39, 0.29) is 24.2 Å². The first-order chi connectivity index (χ1) is 19.7. The number of hydrogen-bond acceptors (Lipinski definition) is 3. The van der Waals surface area contributed by atoms with Gasteiger partial charge in [0.1, 0.15) is 0 Å². The fourth-order valence-electron chi connectivity index (χ4n) is 5.89. The van der Waals surface area contributed by atoms with Gasteiger partial charge in [0.25, 0.3) is 0 Å². The van der Waals surface area contributed by atoms with Gasteiger partial charge >= 0.3 is 0 Å². The number of benzene rings is 3. The Morgan fingerprint density at radius 3 is 2.22 bits per heavy atom. The molecule has 0 radical (unpaired) electrons. The Morgan fingerprint density at radius 2 is 1.49 bits per heavy atom. The molecule has 6 rings (SSSR count). The van der Waals surface area contributed by atoms with Gasteiger partial charge in [-0.25, -0.2) is 4.98 Å². The van der Waals surface area contributed by atoms with E-state index in [4.69, 9.17) is 4.98 Å². The number of rotatable bonds is 11. The number of imidazole rings is 1. The standard InChI is InChI=1S/C34H37N5O.ClH/c40-34(35-17-20-37-18-9-10-19-37)21-30(32-25-38(26-36-32)22-27-11-3-1-4-12-27)31-24-39(23-28-13-5-2-6-14-28)33-16-8-7-15-29(31)33;/h1-8,11-16,24-26,30H,9-10,17-23H2,(H,35,40);1H. The number of hydrogen-bond donors (Lipinski definition) is 1. The van der Waals surface area contributed by atoms with Crippen LogP contribution >= 0.6 is 12.4 Å². The van der Waals surface area contributed by atoms with E-state index in [9.17, 15) is 4.79 Å². The molecule has 1 fully saturated rings. The Bertz CT molecular complexity index is 1540. The molecule has 1 unspecified atom stereocenters.